The van der Waals surface area contributed by atoms with Crippen LogP contribution in [0.2, 0.25) is 5.02 Å². The Kier molecular flexibility index (Phi) is 11.2. The van der Waals surface area contributed by atoms with Crippen molar-refractivity contribution in [1.82, 2.24) is 14.8 Å². The van der Waals surface area contributed by atoms with Crippen molar-refractivity contribution in [3.8, 4) is 11.5 Å². The summed E-state index contributed by atoms with van der Waals surface area (Å²) in [6, 6.07) is 19.0. The molecule has 0 spiro atoms. The molecular formula is C35H35Br2ClN4O4S. The quantitative estimate of drug-likeness (QED) is 0.119. The maximum absolute atomic E-state index is 14.0. The molecule has 1 N–H and O–H groups in total. The third-order valence-electron chi connectivity index (χ3n) is 8.14. The molecule has 1 aliphatic heterocycles. The molecule has 0 saturated heterocycles. The number of rotatable bonds is 11. The fourth-order valence-corrected chi connectivity index (χ4v) is 7.76. The zero-order chi connectivity index (χ0) is 32.9. The lowest BCUT2D eigenvalue weighted by atomic mass is 9.94. The van der Waals surface area contributed by atoms with Crippen molar-refractivity contribution < 1.29 is 19.0 Å². The number of esters is 1. The van der Waals surface area contributed by atoms with Gasteiger partial charge in [0.1, 0.15) is 18.8 Å². The van der Waals surface area contributed by atoms with Crippen molar-refractivity contribution in [3.05, 3.63) is 103 Å². The SMILES string of the molecule is CCOc1cc(C2C(C(=O)OC3CCCCC3)=C(C)Nc3nc(SCc4ccccc4Cl)nn32)cc(Br)c1OCc1ccc(Br)cc1. The molecule has 1 atom stereocenters. The molecule has 1 fully saturated rings. The van der Waals surface area contributed by atoms with E-state index in [1.165, 1.54) is 18.2 Å². The van der Waals surface area contributed by atoms with Crippen molar-refractivity contribution >= 4 is 67.1 Å². The van der Waals surface area contributed by atoms with E-state index in [4.69, 9.17) is 35.9 Å². The number of nitrogens with one attached hydrogen (secondary N) is 1. The van der Waals surface area contributed by atoms with Crippen LogP contribution in [0, 0.1) is 0 Å². The molecule has 2 heterocycles. The van der Waals surface area contributed by atoms with Crippen LogP contribution in [-0.4, -0.2) is 33.4 Å². The summed E-state index contributed by atoms with van der Waals surface area (Å²) in [6.07, 6.45) is 4.93. The minimum atomic E-state index is -0.625. The van der Waals surface area contributed by atoms with Gasteiger partial charge in [0.25, 0.3) is 0 Å². The van der Waals surface area contributed by atoms with E-state index >= 15 is 0 Å². The zero-order valence-electron chi connectivity index (χ0n) is 26.1. The normalized spacial score (nSPS) is 16.4. The van der Waals surface area contributed by atoms with E-state index in [0.717, 1.165) is 46.8 Å². The summed E-state index contributed by atoms with van der Waals surface area (Å²) < 4.78 is 22.0. The minimum absolute atomic E-state index is 0.101. The van der Waals surface area contributed by atoms with Crippen molar-refractivity contribution in [3.63, 3.8) is 0 Å². The van der Waals surface area contributed by atoms with Gasteiger partial charge in [0.2, 0.25) is 11.1 Å². The van der Waals surface area contributed by atoms with Crippen molar-refractivity contribution in [1.29, 1.82) is 0 Å². The molecule has 246 valence electrons. The molecule has 8 nitrogen and oxygen atoms in total. The molecule has 2 aliphatic rings. The summed E-state index contributed by atoms with van der Waals surface area (Å²) >= 11 is 15.1. The van der Waals surface area contributed by atoms with Crippen LogP contribution in [0.1, 0.15) is 68.7 Å². The number of carbonyl (C=O) groups excluding carboxylic acids is 1. The number of aromatic nitrogens is 3. The van der Waals surface area contributed by atoms with Crippen LogP contribution in [-0.2, 0) is 21.9 Å². The van der Waals surface area contributed by atoms with Gasteiger partial charge < -0.3 is 19.5 Å². The van der Waals surface area contributed by atoms with Crippen LogP contribution in [0.3, 0.4) is 0 Å². The van der Waals surface area contributed by atoms with E-state index in [2.05, 4.69) is 37.2 Å². The number of halogens is 3. The topological polar surface area (TPSA) is 87.5 Å². The zero-order valence-corrected chi connectivity index (χ0v) is 30.8. The van der Waals surface area contributed by atoms with Crippen LogP contribution < -0.4 is 14.8 Å². The Labute approximate surface area is 300 Å². The Morgan fingerprint density at radius 1 is 1.06 bits per heavy atom. The van der Waals surface area contributed by atoms with E-state index < -0.39 is 6.04 Å². The highest BCUT2D eigenvalue weighted by Gasteiger charge is 2.37. The number of fused-ring (bicyclic) bond motifs is 1. The summed E-state index contributed by atoms with van der Waals surface area (Å²) in [5.74, 6) is 1.91. The van der Waals surface area contributed by atoms with Gasteiger partial charge in [0.05, 0.1) is 16.7 Å². The van der Waals surface area contributed by atoms with Crippen molar-refractivity contribution in [2.75, 3.05) is 11.9 Å². The Morgan fingerprint density at radius 3 is 2.57 bits per heavy atom. The summed E-state index contributed by atoms with van der Waals surface area (Å²) in [6.45, 7) is 4.60. The highest BCUT2D eigenvalue weighted by atomic mass is 79.9. The number of thioether (sulfide) groups is 1. The summed E-state index contributed by atoms with van der Waals surface area (Å²) in [5.41, 5.74) is 3.94. The Hall–Kier alpha value is -2.99. The number of anilines is 1. The second-order valence-corrected chi connectivity index (χ2v) is 14.6. The number of hydrogen-bond donors (Lipinski definition) is 1. The molecule has 0 bridgehead atoms. The highest BCUT2D eigenvalue weighted by Crippen LogP contribution is 2.44. The van der Waals surface area contributed by atoms with Crippen LogP contribution in [0.4, 0.5) is 5.95 Å². The van der Waals surface area contributed by atoms with Gasteiger partial charge in [-0.2, -0.15) is 4.98 Å². The fourth-order valence-electron chi connectivity index (χ4n) is 5.81. The Balaban J connectivity index is 1.36. The average Bonchev–Trinajstić information content (AvgIpc) is 3.47. The Morgan fingerprint density at radius 2 is 1.83 bits per heavy atom. The first kappa shape index (κ1) is 33.9. The van der Waals surface area contributed by atoms with Gasteiger partial charge in [-0.05, 0) is 102 Å². The van der Waals surface area contributed by atoms with Gasteiger partial charge in [-0.1, -0.05) is 76.0 Å². The largest absolute Gasteiger partial charge is 0.490 e. The molecule has 1 unspecified atom stereocenters. The molecule has 1 aliphatic carbocycles. The van der Waals surface area contributed by atoms with Crippen LogP contribution in [0.15, 0.2) is 86.0 Å². The van der Waals surface area contributed by atoms with Gasteiger partial charge in [-0.15, -0.1) is 5.10 Å². The molecule has 6 rings (SSSR count). The molecule has 12 heteroatoms. The first-order valence-electron chi connectivity index (χ1n) is 15.7. The van der Waals surface area contributed by atoms with E-state index in [9.17, 15) is 4.79 Å². The van der Waals surface area contributed by atoms with Crippen LogP contribution in [0.25, 0.3) is 0 Å². The number of hydrogen-bond acceptors (Lipinski definition) is 8. The second-order valence-electron chi connectivity index (χ2n) is 11.5. The number of benzene rings is 3. The van der Waals surface area contributed by atoms with E-state index in [1.807, 2.05) is 74.5 Å². The predicted octanol–water partition coefficient (Wildman–Crippen LogP) is 9.89. The number of ether oxygens (including phenoxy) is 3. The number of carbonyl (C=O) groups is 1. The third kappa shape index (κ3) is 8.01. The summed E-state index contributed by atoms with van der Waals surface area (Å²) in [7, 11) is 0. The maximum atomic E-state index is 14.0. The molecule has 0 radical (unpaired) electrons. The monoisotopic (exact) mass is 800 g/mol. The predicted molar refractivity (Wildman–Crippen MR) is 192 cm³/mol. The van der Waals surface area contributed by atoms with Gasteiger partial charge in [0, 0.05) is 20.9 Å². The van der Waals surface area contributed by atoms with Crippen molar-refractivity contribution in [2.24, 2.45) is 0 Å². The first-order chi connectivity index (χ1) is 22.8. The molecule has 47 heavy (non-hydrogen) atoms. The van der Waals surface area contributed by atoms with Crippen molar-refractivity contribution in [2.45, 2.75) is 75.6 Å². The summed E-state index contributed by atoms with van der Waals surface area (Å²) in [4.78, 5) is 18.8. The first-order valence-corrected chi connectivity index (χ1v) is 18.6. The summed E-state index contributed by atoms with van der Waals surface area (Å²) in [5, 5.41) is 9.49. The number of nitrogens with zero attached hydrogens (tertiary/aromatic N) is 3. The third-order valence-corrected chi connectivity index (χ3v) is 10.5. The van der Waals surface area contributed by atoms with Crippen LogP contribution in [0.5, 0.6) is 11.5 Å². The molecule has 4 aromatic rings. The average molecular weight is 803 g/mol. The highest BCUT2D eigenvalue weighted by molar-refractivity contribution is 9.10. The standard InChI is InChI=1S/C35H35Br2ClN4O4S/c1-3-44-29-18-24(17-27(37)32(29)45-19-22-13-15-25(36)16-14-22)31-30(33(43)46-26-10-5-4-6-11-26)21(2)39-34-40-35(41-42(31)34)47-20-23-9-7-8-12-28(23)38/h7-9,12-18,26,31H,3-6,10-11,19-20H2,1-2H3,(H,39,40,41). The molecule has 1 aromatic heterocycles. The van der Waals surface area contributed by atoms with E-state index in [0.29, 0.717) is 62.3 Å². The lowest BCUT2D eigenvalue weighted by Crippen LogP contribution is -2.32. The lowest BCUT2D eigenvalue weighted by molar-refractivity contribution is -0.146. The van der Waals surface area contributed by atoms with Gasteiger partial charge >= 0.3 is 5.97 Å². The smallest absolute Gasteiger partial charge is 0.338 e. The van der Waals surface area contributed by atoms with Gasteiger partial charge in [-0.3, -0.25) is 0 Å². The molecule has 0 amide bonds. The van der Waals surface area contributed by atoms with E-state index in [1.54, 1.807) is 4.68 Å². The molecule has 3 aromatic carbocycles. The fraction of sp³-hybridized carbons (Fsp3) is 0.343. The minimum Gasteiger partial charge on any atom is -0.490 e. The Bertz CT molecular complexity index is 1780. The molecular weight excluding hydrogens is 768 g/mol. The number of allylic oxidation sites excluding steroid dienone is 1. The maximum Gasteiger partial charge on any atom is 0.338 e. The second kappa shape index (κ2) is 15.5. The molecule has 1 saturated carbocycles. The van der Waals surface area contributed by atoms with Gasteiger partial charge in [0.15, 0.2) is 11.5 Å². The van der Waals surface area contributed by atoms with Gasteiger partial charge in [-0.25, -0.2) is 9.48 Å². The van der Waals surface area contributed by atoms with E-state index in [-0.39, 0.29) is 12.1 Å². The lowest BCUT2D eigenvalue weighted by Gasteiger charge is -2.30. The van der Waals surface area contributed by atoms with Crippen LogP contribution >= 0.6 is 55.2 Å².